The van der Waals surface area contributed by atoms with Crippen LogP contribution in [0.5, 0.6) is 5.75 Å². The molecule has 2 nitrogen and oxygen atoms in total. The number of hydrogen-bond acceptors (Lipinski definition) is 2. The van der Waals surface area contributed by atoms with Gasteiger partial charge in [0.1, 0.15) is 0 Å². The molecule has 1 heterocycles. The predicted molar refractivity (Wildman–Crippen MR) is 107 cm³/mol. The topological polar surface area (TPSA) is 12.5 Å². The number of benzene rings is 2. The Balaban J connectivity index is 1.62. The second-order valence-corrected chi connectivity index (χ2v) is 8.57. The van der Waals surface area contributed by atoms with Crippen LogP contribution in [0, 0.1) is 0 Å². The Kier molecular flexibility index (Phi) is 6.55. The van der Waals surface area contributed by atoms with E-state index in [1.165, 1.54) is 40.3 Å². The van der Waals surface area contributed by atoms with Crippen LogP contribution in [0.2, 0.25) is 5.32 Å². The summed E-state index contributed by atoms with van der Waals surface area (Å²) in [5, 5.41) is 1.28. The average molecular weight is 398 g/mol. The van der Waals surface area contributed by atoms with E-state index in [9.17, 15) is 0 Å². The molecule has 3 rings (SSSR count). The van der Waals surface area contributed by atoms with Crippen molar-refractivity contribution >= 4 is 25.0 Å². The Morgan fingerprint density at radius 1 is 1.20 bits per heavy atom. The van der Waals surface area contributed by atoms with Gasteiger partial charge in [0.25, 0.3) is 0 Å². The van der Waals surface area contributed by atoms with Gasteiger partial charge in [-0.05, 0) is 0 Å². The molecule has 0 bridgehead atoms. The first kappa shape index (κ1) is 18.0. The molecule has 0 saturated carbocycles. The van der Waals surface area contributed by atoms with Gasteiger partial charge in [0.05, 0.1) is 0 Å². The predicted octanol–water partition coefficient (Wildman–Crippen LogP) is 3.78. The summed E-state index contributed by atoms with van der Waals surface area (Å²) >= 11 is 0.548. The first-order valence-corrected chi connectivity index (χ1v) is 10.8. The van der Waals surface area contributed by atoms with Gasteiger partial charge in [0, 0.05) is 0 Å². The molecule has 1 aliphatic rings. The first-order chi connectivity index (χ1) is 12.3. The Morgan fingerprint density at radius 3 is 2.64 bits per heavy atom. The summed E-state index contributed by atoms with van der Waals surface area (Å²) in [5.41, 5.74) is 5.54. The molecule has 1 atom stereocenters. The molecule has 1 saturated heterocycles. The second-order valence-electron chi connectivity index (χ2n) is 6.27. The van der Waals surface area contributed by atoms with E-state index in [1.807, 2.05) is 12.1 Å². The zero-order valence-electron chi connectivity index (χ0n) is 14.8. The van der Waals surface area contributed by atoms with Gasteiger partial charge in [0.2, 0.25) is 0 Å². The number of methoxy groups -OCH3 is 1. The average Bonchev–Trinajstić information content (AvgIpc) is 3.12. The van der Waals surface area contributed by atoms with E-state index in [1.54, 1.807) is 7.11 Å². The van der Waals surface area contributed by atoms with Gasteiger partial charge in [-0.1, -0.05) is 0 Å². The number of rotatable bonds is 7. The fourth-order valence-electron chi connectivity index (χ4n) is 3.25. The minimum absolute atomic E-state index is 0.548. The zero-order chi connectivity index (χ0) is 17.5. The molecule has 2 aromatic carbocycles. The monoisotopic (exact) mass is 399 g/mol. The molecule has 1 aliphatic heterocycles. The summed E-state index contributed by atoms with van der Waals surface area (Å²) in [6, 6.07) is 19.8. The van der Waals surface area contributed by atoms with Crippen LogP contribution in [0.15, 0.2) is 66.9 Å². The summed E-state index contributed by atoms with van der Waals surface area (Å²) in [7, 11) is 1.70. The Labute approximate surface area is 157 Å². The van der Waals surface area contributed by atoms with Crippen molar-refractivity contribution in [3.05, 3.63) is 72.5 Å². The molecular weight excluding hydrogens is 373 g/mol. The Morgan fingerprint density at radius 2 is 1.96 bits per heavy atom. The van der Waals surface area contributed by atoms with Gasteiger partial charge < -0.3 is 0 Å². The van der Waals surface area contributed by atoms with Crippen LogP contribution >= 0.6 is 0 Å². The quantitative estimate of drug-likeness (QED) is 0.520. The molecule has 25 heavy (non-hydrogen) atoms. The van der Waals surface area contributed by atoms with E-state index in [2.05, 4.69) is 59.7 Å². The van der Waals surface area contributed by atoms with E-state index >= 15 is 0 Å². The fourth-order valence-corrected chi connectivity index (χ4v) is 5.58. The van der Waals surface area contributed by atoms with Gasteiger partial charge >= 0.3 is 157 Å². The second kappa shape index (κ2) is 9.08. The normalized spacial score (nSPS) is 17.2. The maximum atomic E-state index is 5.25. The van der Waals surface area contributed by atoms with Gasteiger partial charge in [-0.3, -0.25) is 0 Å². The van der Waals surface area contributed by atoms with E-state index in [0.717, 1.165) is 12.3 Å². The third kappa shape index (κ3) is 4.87. The number of nitrogens with zero attached hydrogens (tertiary/aromatic N) is 1. The van der Waals surface area contributed by atoms with Crippen molar-refractivity contribution < 1.29 is 4.74 Å². The van der Waals surface area contributed by atoms with E-state index in [0.29, 0.717) is 21.0 Å². The van der Waals surface area contributed by atoms with Crippen molar-refractivity contribution in [2.45, 2.75) is 24.2 Å². The van der Waals surface area contributed by atoms with Crippen molar-refractivity contribution in [3.8, 4) is 5.75 Å². The zero-order valence-corrected chi connectivity index (χ0v) is 16.5. The molecule has 1 fully saturated rings. The van der Waals surface area contributed by atoms with Crippen LogP contribution in [0.25, 0.3) is 5.57 Å². The molecule has 0 N–H and O–H groups in total. The molecule has 0 spiro atoms. The maximum absolute atomic E-state index is 5.25. The summed E-state index contributed by atoms with van der Waals surface area (Å²) in [6.45, 7) is 6.04. The standard InChI is InChI=1S/C22H25NOSe/c1-3-18(19-11-13-21(24-2)14-12-19)16-23-15-7-8-20(23)17-25-22-9-5-4-6-10-22/h4-6,9-14,20H,1,7-8,15-17H2,2H3/t20-/m0/s1. The van der Waals surface area contributed by atoms with Gasteiger partial charge in [-0.2, -0.15) is 0 Å². The molecule has 2 aromatic rings. The van der Waals surface area contributed by atoms with Crippen LogP contribution in [0.4, 0.5) is 0 Å². The van der Waals surface area contributed by atoms with Crippen LogP contribution < -0.4 is 9.20 Å². The van der Waals surface area contributed by atoms with Crippen LogP contribution in [0.3, 0.4) is 0 Å². The summed E-state index contributed by atoms with van der Waals surface area (Å²) < 4.78 is 6.75. The molecule has 0 aliphatic carbocycles. The molecule has 0 amide bonds. The number of hydrogen-bond donors (Lipinski definition) is 0. The van der Waals surface area contributed by atoms with Crippen molar-refractivity contribution in [2.24, 2.45) is 0 Å². The molecule has 0 aromatic heterocycles. The van der Waals surface area contributed by atoms with Gasteiger partial charge in [0.15, 0.2) is 0 Å². The van der Waals surface area contributed by atoms with Gasteiger partial charge in [-0.25, -0.2) is 0 Å². The Bertz CT molecular complexity index is 719. The van der Waals surface area contributed by atoms with Crippen molar-refractivity contribution in [3.63, 3.8) is 0 Å². The summed E-state index contributed by atoms with van der Waals surface area (Å²) in [6.07, 6.45) is 2.60. The molecule has 0 radical (unpaired) electrons. The van der Waals surface area contributed by atoms with Crippen molar-refractivity contribution in [1.29, 1.82) is 0 Å². The molecule has 3 heteroatoms. The van der Waals surface area contributed by atoms with Crippen LogP contribution in [0.1, 0.15) is 18.4 Å². The first-order valence-electron chi connectivity index (χ1n) is 8.75. The summed E-state index contributed by atoms with van der Waals surface area (Å²) in [5.74, 6) is 0.886. The van der Waals surface area contributed by atoms with Crippen molar-refractivity contribution in [1.82, 2.24) is 4.90 Å². The fraction of sp³-hybridized carbons (Fsp3) is 0.318. The van der Waals surface area contributed by atoms with Crippen LogP contribution in [-0.2, 0) is 0 Å². The van der Waals surface area contributed by atoms with Crippen molar-refractivity contribution in [2.75, 3.05) is 20.2 Å². The SMILES string of the molecule is C=C=C(CN1CCC[C@H]1C[Se]c1ccccc1)c1ccc(OC)cc1. The molecule has 130 valence electrons. The minimum atomic E-state index is 0.548. The number of likely N-dealkylation sites (tertiary alicyclic amines) is 1. The molecular formula is C22H25NOSe. The third-order valence-corrected chi connectivity index (χ3v) is 7.13. The van der Waals surface area contributed by atoms with E-state index in [4.69, 9.17) is 4.74 Å². The van der Waals surface area contributed by atoms with Crippen LogP contribution in [-0.4, -0.2) is 46.1 Å². The molecule has 0 unspecified atom stereocenters. The van der Waals surface area contributed by atoms with E-state index in [-0.39, 0.29) is 0 Å². The van der Waals surface area contributed by atoms with E-state index < -0.39 is 0 Å². The summed E-state index contributed by atoms with van der Waals surface area (Å²) in [4.78, 5) is 2.61. The third-order valence-electron chi connectivity index (χ3n) is 4.70. The Hall–Kier alpha value is -1.76. The number of ether oxygens (including phenoxy) is 1. The van der Waals surface area contributed by atoms with Gasteiger partial charge in [-0.15, -0.1) is 0 Å².